The fourth-order valence-electron chi connectivity index (χ4n) is 3.50. The van der Waals surface area contributed by atoms with Crippen molar-refractivity contribution >= 4 is 11.7 Å². The summed E-state index contributed by atoms with van der Waals surface area (Å²) in [5.41, 5.74) is 0.106. The number of aromatic nitrogens is 2. The largest absolute Gasteiger partial charge is 0.481 e. The summed E-state index contributed by atoms with van der Waals surface area (Å²) in [4.78, 5) is 20.8. The molecule has 1 aliphatic carbocycles. The highest BCUT2D eigenvalue weighted by molar-refractivity contribution is 5.67. The second kappa shape index (κ2) is 7.69. The van der Waals surface area contributed by atoms with Gasteiger partial charge in [-0.15, -0.1) is 0 Å². The number of carboxylic acid groups (broad SMARTS) is 1. The zero-order chi connectivity index (χ0) is 19.7. The first-order valence-electron chi connectivity index (χ1n) is 9.41. The van der Waals surface area contributed by atoms with E-state index in [4.69, 9.17) is 9.84 Å². The van der Waals surface area contributed by atoms with Crippen LogP contribution in [0.3, 0.4) is 0 Å². The molecule has 1 N–H and O–H groups in total. The molecule has 1 aromatic carbocycles. The Labute approximate surface area is 161 Å². The van der Waals surface area contributed by atoms with Crippen molar-refractivity contribution in [3.63, 3.8) is 0 Å². The molecule has 0 bridgehead atoms. The Kier molecular flexibility index (Phi) is 5.11. The van der Waals surface area contributed by atoms with Crippen LogP contribution in [0.25, 0.3) is 11.4 Å². The van der Waals surface area contributed by atoms with Crippen molar-refractivity contribution in [2.24, 2.45) is 11.8 Å². The number of ether oxygens (including phenoxy) is 1. The summed E-state index contributed by atoms with van der Waals surface area (Å²) in [5.74, 6) is -1.28. The number of benzene rings is 1. The third kappa shape index (κ3) is 4.21. The lowest BCUT2D eigenvalue weighted by molar-refractivity contribution is -0.137. The molecule has 148 valence electrons. The van der Waals surface area contributed by atoms with Crippen molar-refractivity contribution in [1.29, 1.82) is 0 Å². The van der Waals surface area contributed by atoms with E-state index in [-0.39, 0.29) is 29.4 Å². The van der Waals surface area contributed by atoms with Crippen LogP contribution in [0.4, 0.5) is 14.5 Å². The molecule has 1 unspecified atom stereocenters. The molecule has 1 saturated carbocycles. The number of anilines is 1. The summed E-state index contributed by atoms with van der Waals surface area (Å²) in [6.45, 7) is 1.33. The summed E-state index contributed by atoms with van der Waals surface area (Å²) in [5, 5.41) is 8.91. The Morgan fingerprint density at radius 1 is 1.21 bits per heavy atom. The van der Waals surface area contributed by atoms with Gasteiger partial charge in [-0.2, -0.15) is 4.98 Å². The first-order chi connectivity index (χ1) is 13.5. The highest BCUT2D eigenvalue weighted by Crippen LogP contribution is 2.33. The molecule has 0 spiro atoms. The molecule has 1 saturated heterocycles. The first kappa shape index (κ1) is 18.6. The third-order valence-electron chi connectivity index (χ3n) is 5.13. The average molecular weight is 389 g/mol. The van der Waals surface area contributed by atoms with Crippen LogP contribution in [0.2, 0.25) is 0 Å². The van der Waals surface area contributed by atoms with E-state index >= 15 is 0 Å². The monoisotopic (exact) mass is 389 g/mol. The van der Waals surface area contributed by atoms with Crippen LogP contribution in [0, 0.1) is 23.5 Å². The Morgan fingerprint density at radius 3 is 2.64 bits per heavy atom. The molecule has 2 aliphatic rings. The number of hydrogen-bond acceptors (Lipinski definition) is 5. The minimum Gasteiger partial charge on any atom is -0.481 e. The molecular weight excluding hydrogens is 368 g/mol. The average Bonchev–Trinajstić information content (AvgIpc) is 3.38. The number of nitrogens with zero attached hydrogens (tertiary/aromatic N) is 3. The summed E-state index contributed by atoms with van der Waals surface area (Å²) >= 11 is 0. The number of rotatable bonds is 7. The molecule has 0 amide bonds. The number of carbonyl (C=O) groups is 1. The van der Waals surface area contributed by atoms with Gasteiger partial charge in [0, 0.05) is 37.3 Å². The smallest absolute Gasteiger partial charge is 0.303 e. The summed E-state index contributed by atoms with van der Waals surface area (Å²) in [7, 11) is 0. The predicted octanol–water partition coefficient (Wildman–Crippen LogP) is 3.51. The van der Waals surface area contributed by atoms with E-state index in [0.29, 0.717) is 37.9 Å². The molecule has 2 heterocycles. The number of carboxylic acids is 1. The fraction of sp³-hybridized carbons (Fsp3) is 0.450. The topological polar surface area (TPSA) is 75.5 Å². The number of halogens is 2. The van der Waals surface area contributed by atoms with Gasteiger partial charge in [0.1, 0.15) is 17.3 Å². The lowest BCUT2D eigenvalue weighted by Gasteiger charge is -2.20. The number of hydrogen-bond donors (Lipinski definition) is 1. The van der Waals surface area contributed by atoms with Crippen molar-refractivity contribution in [2.45, 2.75) is 25.7 Å². The third-order valence-corrected chi connectivity index (χ3v) is 5.13. The predicted molar refractivity (Wildman–Crippen MR) is 98.2 cm³/mol. The van der Waals surface area contributed by atoms with E-state index in [1.807, 2.05) is 0 Å². The van der Waals surface area contributed by atoms with Crippen molar-refractivity contribution in [2.75, 3.05) is 24.6 Å². The summed E-state index contributed by atoms with van der Waals surface area (Å²) < 4.78 is 35.0. The van der Waals surface area contributed by atoms with Gasteiger partial charge in [0.05, 0.1) is 6.61 Å². The van der Waals surface area contributed by atoms with Gasteiger partial charge >= 0.3 is 5.97 Å². The van der Waals surface area contributed by atoms with Gasteiger partial charge in [-0.05, 0) is 43.2 Å². The Morgan fingerprint density at radius 2 is 1.96 bits per heavy atom. The zero-order valence-corrected chi connectivity index (χ0v) is 15.3. The highest BCUT2D eigenvalue weighted by atomic mass is 19.1. The van der Waals surface area contributed by atoms with E-state index in [0.717, 1.165) is 12.8 Å². The van der Waals surface area contributed by atoms with Crippen LogP contribution in [-0.2, 0) is 4.79 Å². The molecule has 0 radical (unpaired) electrons. The summed E-state index contributed by atoms with van der Waals surface area (Å²) in [6, 6.07) is 4.05. The van der Waals surface area contributed by atoms with Gasteiger partial charge in [0.15, 0.2) is 5.82 Å². The van der Waals surface area contributed by atoms with Crippen molar-refractivity contribution < 1.29 is 23.4 Å². The van der Waals surface area contributed by atoms with Gasteiger partial charge < -0.3 is 14.7 Å². The van der Waals surface area contributed by atoms with E-state index in [1.165, 1.54) is 18.3 Å². The Hall–Kier alpha value is -2.77. The maximum Gasteiger partial charge on any atom is 0.303 e. The highest BCUT2D eigenvalue weighted by Gasteiger charge is 2.29. The van der Waals surface area contributed by atoms with Crippen molar-refractivity contribution in [3.8, 4) is 17.3 Å². The second-order valence-electron chi connectivity index (χ2n) is 7.46. The van der Waals surface area contributed by atoms with Crippen LogP contribution in [-0.4, -0.2) is 40.7 Å². The van der Waals surface area contributed by atoms with Gasteiger partial charge in [-0.1, -0.05) is 0 Å². The van der Waals surface area contributed by atoms with Gasteiger partial charge in [0.25, 0.3) is 0 Å². The second-order valence-corrected chi connectivity index (χ2v) is 7.46. The quantitative estimate of drug-likeness (QED) is 0.781. The lowest BCUT2D eigenvalue weighted by Crippen LogP contribution is -2.23. The molecule has 28 heavy (non-hydrogen) atoms. The first-order valence-corrected chi connectivity index (χ1v) is 9.41. The fourth-order valence-corrected chi connectivity index (χ4v) is 3.50. The standard InChI is InChI=1S/C20H21F2N3O3/c21-15-8-14(20-23-5-3-17(24-20)28-11-12-1-2-12)9-16(22)19(15)25-6-4-13(10-25)7-18(26)27/h3,5,8-9,12-13H,1-2,4,6-7,10-11H2,(H,26,27). The molecule has 1 aromatic heterocycles. The molecule has 1 atom stereocenters. The molecular formula is C20H21F2N3O3. The maximum absolute atomic E-state index is 14.7. The van der Waals surface area contributed by atoms with Crippen LogP contribution in [0.1, 0.15) is 25.7 Å². The van der Waals surface area contributed by atoms with E-state index in [9.17, 15) is 13.6 Å². The van der Waals surface area contributed by atoms with Crippen LogP contribution >= 0.6 is 0 Å². The van der Waals surface area contributed by atoms with Crippen molar-refractivity contribution in [1.82, 2.24) is 9.97 Å². The maximum atomic E-state index is 14.7. The number of aliphatic carboxylic acids is 1. The molecule has 2 aromatic rings. The van der Waals surface area contributed by atoms with E-state index in [2.05, 4.69) is 9.97 Å². The molecule has 1 aliphatic heterocycles. The molecule has 8 heteroatoms. The molecule has 2 fully saturated rings. The summed E-state index contributed by atoms with van der Waals surface area (Å²) in [6.07, 6.45) is 4.40. The molecule has 6 nitrogen and oxygen atoms in total. The van der Waals surface area contributed by atoms with Gasteiger partial charge in [0.2, 0.25) is 5.88 Å². The van der Waals surface area contributed by atoms with Crippen molar-refractivity contribution in [3.05, 3.63) is 36.0 Å². The van der Waals surface area contributed by atoms with Crippen LogP contribution in [0.5, 0.6) is 5.88 Å². The lowest BCUT2D eigenvalue weighted by atomic mass is 10.1. The normalized spacial score (nSPS) is 19.1. The zero-order valence-electron chi connectivity index (χ0n) is 15.3. The van der Waals surface area contributed by atoms with Crippen LogP contribution in [0.15, 0.2) is 24.4 Å². The van der Waals surface area contributed by atoms with E-state index < -0.39 is 17.6 Å². The Bertz CT molecular complexity index is 866. The van der Waals surface area contributed by atoms with E-state index in [1.54, 1.807) is 11.0 Å². The minimum absolute atomic E-state index is 0.000684. The molecule has 4 rings (SSSR count). The Balaban J connectivity index is 1.52. The van der Waals surface area contributed by atoms with Crippen LogP contribution < -0.4 is 9.64 Å². The van der Waals surface area contributed by atoms with Gasteiger partial charge in [-0.3, -0.25) is 4.79 Å². The minimum atomic E-state index is -0.899. The van der Waals surface area contributed by atoms with Gasteiger partial charge in [-0.25, -0.2) is 13.8 Å². The SMILES string of the molecule is O=C(O)CC1CCN(c2c(F)cc(-c3nccc(OCC4CC4)n3)cc2F)C1.